The van der Waals surface area contributed by atoms with Crippen LogP contribution in [0.1, 0.15) is 16.1 Å². The van der Waals surface area contributed by atoms with E-state index in [4.69, 9.17) is 5.73 Å². The van der Waals surface area contributed by atoms with Crippen LogP contribution in [0.25, 0.3) is 0 Å². The molecule has 2 aromatic rings. The highest BCUT2D eigenvalue weighted by atomic mass is 32.1. The number of nitrogens with one attached hydrogen (secondary N) is 1. The first-order valence-electron chi connectivity index (χ1n) is 5.16. The Bertz CT molecular complexity index is 524. The van der Waals surface area contributed by atoms with Crippen LogP contribution < -0.4 is 11.1 Å². The number of nitrogen functional groups attached to an aromatic ring is 1. The van der Waals surface area contributed by atoms with Gasteiger partial charge in [-0.05, 0) is 11.5 Å². The van der Waals surface area contributed by atoms with Crippen molar-refractivity contribution in [3.05, 3.63) is 22.1 Å². The summed E-state index contributed by atoms with van der Waals surface area (Å²) in [4.78, 5) is 15.7. The first-order chi connectivity index (χ1) is 8.72. The van der Waals surface area contributed by atoms with E-state index in [1.54, 1.807) is 16.8 Å². The molecule has 2 heterocycles. The van der Waals surface area contributed by atoms with Crippen molar-refractivity contribution in [3.8, 4) is 0 Å². The van der Waals surface area contributed by atoms with Gasteiger partial charge in [0.25, 0.3) is 0 Å². The normalized spacial score (nSPS) is 10.3. The van der Waals surface area contributed by atoms with Gasteiger partial charge in [0.15, 0.2) is 5.82 Å². The van der Waals surface area contributed by atoms with Crippen molar-refractivity contribution in [3.63, 3.8) is 0 Å². The summed E-state index contributed by atoms with van der Waals surface area (Å²) in [6.07, 6.45) is 0.780. The van der Waals surface area contributed by atoms with Crippen LogP contribution in [0.2, 0.25) is 0 Å². The minimum atomic E-state index is -0.475. The predicted molar refractivity (Wildman–Crippen MR) is 72.2 cm³/mol. The Morgan fingerprint density at radius 3 is 3.11 bits per heavy atom. The predicted octanol–water partition coefficient (Wildman–Crippen LogP) is 1.62. The van der Waals surface area contributed by atoms with E-state index in [-0.39, 0.29) is 5.82 Å². The van der Waals surface area contributed by atoms with E-state index in [2.05, 4.69) is 19.4 Å². The molecule has 2 aromatic heterocycles. The van der Waals surface area contributed by atoms with Gasteiger partial charge in [-0.2, -0.15) is 4.37 Å². The highest BCUT2D eigenvalue weighted by Gasteiger charge is 2.19. The first-order valence-corrected chi connectivity index (χ1v) is 6.88. The van der Waals surface area contributed by atoms with Gasteiger partial charge in [-0.15, -0.1) is 11.3 Å². The Morgan fingerprint density at radius 2 is 2.44 bits per heavy atom. The highest BCUT2D eigenvalue weighted by molar-refractivity contribution is 7.11. The van der Waals surface area contributed by atoms with Gasteiger partial charge in [-0.1, -0.05) is 0 Å². The van der Waals surface area contributed by atoms with E-state index in [1.807, 2.05) is 5.38 Å². The van der Waals surface area contributed by atoms with Crippen LogP contribution in [0.15, 0.2) is 10.9 Å². The Balaban J connectivity index is 1.99. The van der Waals surface area contributed by atoms with Crippen LogP contribution in [0.3, 0.4) is 0 Å². The molecular weight excluding hydrogens is 272 g/mol. The Hall–Kier alpha value is -1.67. The zero-order chi connectivity index (χ0) is 13.0. The number of anilines is 2. The molecule has 8 heteroatoms. The van der Waals surface area contributed by atoms with Gasteiger partial charge < -0.3 is 15.8 Å². The molecule has 0 bridgehead atoms. The summed E-state index contributed by atoms with van der Waals surface area (Å²) in [6, 6.07) is 0. The van der Waals surface area contributed by atoms with E-state index in [0.717, 1.165) is 23.6 Å². The third kappa shape index (κ3) is 2.77. The van der Waals surface area contributed by atoms with Crippen molar-refractivity contribution in [2.45, 2.75) is 6.42 Å². The maximum absolute atomic E-state index is 11.5. The standard InChI is InChI=1S/C10H12N4O2S2/c1-16-10(15)7-8(11)14-18-9(7)12-3-2-6-4-17-5-13-6/h4-5,12H,2-3H2,1H3,(H2,11,14). The van der Waals surface area contributed by atoms with Crippen LogP contribution in [-0.2, 0) is 11.2 Å². The van der Waals surface area contributed by atoms with E-state index < -0.39 is 5.97 Å². The van der Waals surface area contributed by atoms with Gasteiger partial charge in [0.05, 0.1) is 18.3 Å². The fourth-order valence-electron chi connectivity index (χ4n) is 1.39. The minimum Gasteiger partial charge on any atom is -0.465 e. The van der Waals surface area contributed by atoms with Crippen LogP contribution in [0.4, 0.5) is 10.8 Å². The van der Waals surface area contributed by atoms with Crippen molar-refractivity contribution in [2.24, 2.45) is 0 Å². The first kappa shape index (κ1) is 12.8. The average molecular weight is 284 g/mol. The summed E-state index contributed by atoms with van der Waals surface area (Å²) in [7, 11) is 1.32. The molecule has 96 valence electrons. The van der Waals surface area contributed by atoms with E-state index in [1.165, 1.54) is 7.11 Å². The monoisotopic (exact) mass is 284 g/mol. The molecule has 18 heavy (non-hydrogen) atoms. The quantitative estimate of drug-likeness (QED) is 0.811. The second kappa shape index (κ2) is 5.78. The zero-order valence-electron chi connectivity index (χ0n) is 9.67. The minimum absolute atomic E-state index is 0.197. The number of aromatic nitrogens is 2. The molecule has 0 fully saturated rings. The number of ether oxygens (including phenoxy) is 1. The second-order valence-electron chi connectivity index (χ2n) is 3.42. The molecule has 0 radical (unpaired) electrons. The smallest absolute Gasteiger partial charge is 0.344 e. The molecule has 0 spiro atoms. The van der Waals surface area contributed by atoms with E-state index >= 15 is 0 Å². The largest absolute Gasteiger partial charge is 0.465 e. The second-order valence-corrected chi connectivity index (χ2v) is 4.91. The van der Waals surface area contributed by atoms with Gasteiger partial charge in [-0.3, -0.25) is 0 Å². The number of hydrogen-bond acceptors (Lipinski definition) is 8. The summed E-state index contributed by atoms with van der Waals surface area (Å²) in [5.41, 5.74) is 8.75. The number of thiazole rings is 1. The topological polar surface area (TPSA) is 90.1 Å². The Kier molecular flexibility index (Phi) is 4.11. The van der Waals surface area contributed by atoms with Crippen molar-refractivity contribution in [1.29, 1.82) is 0 Å². The number of hydrogen-bond donors (Lipinski definition) is 2. The van der Waals surface area contributed by atoms with E-state index in [9.17, 15) is 4.79 Å². The number of carbonyl (C=O) groups is 1. The summed E-state index contributed by atoms with van der Waals surface area (Å²) in [5, 5.41) is 5.75. The highest BCUT2D eigenvalue weighted by Crippen LogP contribution is 2.27. The van der Waals surface area contributed by atoms with E-state index in [0.29, 0.717) is 17.1 Å². The molecule has 0 atom stereocenters. The Morgan fingerprint density at radius 1 is 1.61 bits per heavy atom. The molecular formula is C10H12N4O2S2. The van der Waals surface area contributed by atoms with Gasteiger partial charge in [0.2, 0.25) is 0 Å². The lowest BCUT2D eigenvalue weighted by molar-refractivity contribution is 0.0603. The number of nitrogens with zero attached hydrogens (tertiary/aromatic N) is 2. The number of methoxy groups -OCH3 is 1. The number of rotatable bonds is 5. The molecule has 0 saturated carbocycles. The molecule has 2 rings (SSSR count). The molecule has 0 saturated heterocycles. The van der Waals surface area contributed by atoms with Crippen molar-refractivity contribution in [1.82, 2.24) is 9.36 Å². The molecule has 0 aliphatic carbocycles. The third-order valence-corrected chi connectivity index (χ3v) is 3.71. The molecule has 0 aliphatic heterocycles. The van der Waals surface area contributed by atoms with Gasteiger partial charge in [-0.25, -0.2) is 9.78 Å². The SMILES string of the molecule is COC(=O)c1c(N)nsc1NCCc1cscn1. The van der Waals surface area contributed by atoms with Crippen molar-refractivity contribution in [2.75, 3.05) is 24.7 Å². The maximum atomic E-state index is 11.5. The fraction of sp³-hybridized carbons (Fsp3) is 0.300. The number of nitrogens with two attached hydrogens (primary N) is 1. The molecule has 0 aromatic carbocycles. The van der Waals surface area contributed by atoms with Gasteiger partial charge >= 0.3 is 5.97 Å². The summed E-state index contributed by atoms with van der Waals surface area (Å²) >= 11 is 2.71. The molecule has 0 amide bonds. The number of esters is 1. The zero-order valence-corrected chi connectivity index (χ0v) is 11.3. The van der Waals surface area contributed by atoms with Crippen LogP contribution >= 0.6 is 22.9 Å². The Labute approximate surface area is 112 Å². The summed E-state index contributed by atoms with van der Waals surface area (Å²) in [6.45, 7) is 0.662. The van der Waals surface area contributed by atoms with Gasteiger partial charge in [0, 0.05) is 18.3 Å². The lowest BCUT2D eigenvalue weighted by Crippen LogP contribution is -2.10. The summed E-state index contributed by atoms with van der Waals surface area (Å²) in [5.74, 6) is -0.277. The lowest BCUT2D eigenvalue weighted by atomic mass is 10.3. The molecule has 0 aliphatic rings. The molecule has 0 unspecified atom stereocenters. The molecule has 6 nitrogen and oxygen atoms in total. The fourth-order valence-corrected chi connectivity index (χ4v) is 2.71. The number of carbonyl (C=O) groups excluding carboxylic acids is 1. The van der Waals surface area contributed by atoms with Crippen LogP contribution in [0.5, 0.6) is 0 Å². The summed E-state index contributed by atoms with van der Waals surface area (Å²) < 4.78 is 8.61. The lowest BCUT2D eigenvalue weighted by Gasteiger charge is -2.04. The van der Waals surface area contributed by atoms with Crippen LogP contribution in [0, 0.1) is 0 Å². The maximum Gasteiger partial charge on any atom is 0.344 e. The molecule has 3 N–H and O–H groups in total. The third-order valence-electron chi connectivity index (χ3n) is 2.26. The van der Waals surface area contributed by atoms with Gasteiger partial charge in [0.1, 0.15) is 10.6 Å². The van der Waals surface area contributed by atoms with Crippen LogP contribution in [-0.4, -0.2) is 29.0 Å². The van der Waals surface area contributed by atoms with Crippen molar-refractivity contribution < 1.29 is 9.53 Å². The van der Waals surface area contributed by atoms with Crippen molar-refractivity contribution >= 4 is 39.7 Å². The average Bonchev–Trinajstić information content (AvgIpc) is 2.99.